The van der Waals surface area contributed by atoms with E-state index < -0.39 is 6.10 Å². The molecule has 1 unspecified atom stereocenters. The van der Waals surface area contributed by atoms with Crippen LogP contribution in [0.2, 0.25) is 0 Å². The Balaban J connectivity index is 4.06. The lowest BCUT2D eigenvalue weighted by Gasteiger charge is -2.18. The first kappa shape index (κ1) is 70.1. The maximum absolute atomic E-state index is 12.8. The molecular weight excluding hydrogens is 913 g/mol. The number of hydrogen-bond acceptors (Lipinski definition) is 6. The van der Waals surface area contributed by atoms with Gasteiger partial charge in [-0.15, -0.1) is 0 Å². The molecule has 0 aliphatic rings. The van der Waals surface area contributed by atoms with Gasteiger partial charge in [0.05, 0.1) is 0 Å². The first-order valence-electron chi connectivity index (χ1n) is 30.9. The zero-order valence-corrected chi connectivity index (χ0v) is 48.3. The van der Waals surface area contributed by atoms with Crippen molar-refractivity contribution in [2.24, 2.45) is 0 Å². The molecule has 0 aromatic carbocycles. The van der Waals surface area contributed by atoms with E-state index in [0.29, 0.717) is 19.3 Å². The van der Waals surface area contributed by atoms with Crippen molar-refractivity contribution in [2.45, 2.75) is 290 Å². The van der Waals surface area contributed by atoms with Gasteiger partial charge in [0.2, 0.25) is 0 Å². The molecule has 0 fully saturated rings. The van der Waals surface area contributed by atoms with Crippen LogP contribution in [0, 0.1) is 0 Å². The summed E-state index contributed by atoms with van der Waals surface area (Å²) >= 11 is 0. The van der Waals surface area contributed by atoms with Crippen molar-refractivity contribution >= 4 is 17.9 Å². The molecular formula is C68H114O6. The third-order valence-electron chi connectivity index (χ3n) is 13.0. The van der Waals surface area contributed by atoms with Crippen molar-refractivity contribution in [3.05, 3.63) is 109 Å². The highest BCUT2D eigenvalue weighted by Gasteiger charge is 2.19. The number of esters is 3. The molecule has 0 saturated carbocycles. The molecule has 0 aromatic heterocycles. The first-order chi connectivity index (χ1) is 36.5. The smallest absolute Gasteiger partial charge is 0.306 e. The molecule has 422 valence electrons. The summed E-state index contributed by atoms with van der Waals surface area (Å²) < 4.78 is 16.8. The monoisotopic (exact) mass is 1030 g/mol. The van der Waals surface area contributed by atoms with Gasteiger partial charge < -0.3 is 14.2 Å². The topological polar surface area (TPSA) is 78.9 Å². The van der Waals surface area contributed by atoms with Crippen molar-refractivity contribution in [1.82, 2.24) is 0 Å². The van der Waals surface area contributed by atoms with Gasteiger partial charge in [0, 0.05) is 19.3 Å². The number of rotatable bonds is 55. The number of carbonyl (C=O) groups is 3. The summed E-state index contributed by atoms with van der Waals surface area (Å²) in [6, 6.07) is 0. The predicted molar refractivity (Wildman–Crippen MR) is 320 cm³/mol. The fraction of sp³-hybridized carbons (Fsp3) is 0.691. The second-order valence-corrected chi connectivity index (χ2v) is 20.2. The molecule has 0 N–H and O–H groups in total. The third kappa shape index (κ3) is 59.0. The van der Waals surface area contributed by atoms with Crippen molar-refractivity contribution in [3.63, 3.8) is 0 Å². The molecule has 6 nitrogen and oxygen atoms in total. The Kier molecular flexibility index (Phi) is 58.3. The molecule has 0 saturated heterocycles. The van der Waals surface area contributed by atoms with Crippen LogP contribution in [0.5, 0.6) is 0 Å². The van der Waals surface area contributed by atoms with E-state index in [0.717, 1.165) is 122 Å². The van der Waals surface area contributed by atoms with Crippen molar-refractivity contribution in [3.8, 4) is 0 Å². The standard InChI is InChI=1S/C68H114O6/c1-4-7-10-13-16-18-20-22-24-25-26-27-28-29-30-31-32-33-34-35-36-37-38-39-40-41-42-43-45-46-48-50-52-55-58-61-67(70)73-64-65(63-72-66(69)60-57-54-15-12-9-6-3)74-68(71)62-59-56-53-51-49-47-44-23-21-19-17-14-11-8-5-2/h7,10,16,18,22-24,26-27,29-30,32-33,35-36,38-39,44,65H,4-6,8-9,11-15,17,19-21,25,28,31,34,37,40-43,45-64H2,1-3H3/b10-7-,18-16-,24-22-,27-26-,30-29-,33-32-,36-35-,39-38-,44-23-. The van der Waals surface area contributed by atoms with E-state index >= 15 is 0 Å². The zero-order chi connectivity index (χ0) is 53.6. The summed E-state index contributed by atoms with van der Waals surface area (Å²) in [6.07, 6.45) is 84.1. The largest absolute Gasteiger partial charge is 0.462 e. The quantitative estimate of drug-likeness (QED) is 0.0261. The minimum atomic E-state index is -0.780. The molecule has 0 bridgehead atoms. The average molecular weight is 1030 g/mol. The van der Waals surface area contributed by atoms with Gasteiger partial charge in [0.25, 0.3) is 0 Å². The zero-order valence-electron chi connectivity index (χ0n) is 48.3. The summed E-state index contributed by atoms with van der Waals surface area (Å²) in [5.74, 6) is -0.901. The molecule has 1 atom stereocenters. The highest BCUT2D eigenvalue weighted by molar-refractivity contribution is 5.71. The Bertz CT molecular complexity index is 1510. The van der Waals surface area contributed by atoms with E-state index in [1.807, 2.05) is 0 Å². The van der Waals surface area contributed by atoms with Crippen LogP contribution < -0.4 is 0 Å². The Morgan fingerprint density at radius 1 is 0.284 bits per heavy atom. The van der Waals surface area contributed by atoms with Gasteiger partial charge in [-0.05, 0) is 109 Å². The van der Waals surface area contributed by atoms with Gasteiger partial charge in [-0.1, -0.05) is 265 Å². The lowest BCUT2D eigenvalue weighted by Crippen LogP contribution is -2.30. The van der Waals surface area contributed by atoms with Crippen LogP contribution in [0.15, 0.2) is 109 Å². The Labute approximate surface area is 457 Å². The van der Waals surface area contributed by atoms with Gasteiger partial charge in [-0.25, -0.2) is 0 Å². The van der Waals surface area contributed by atoms with Gasteiger partial charge in [-0.3, -0.25) is 14.4 Å². The average Bonchev–Trinajstić information content (AvgIpc) is 3.40. The fourth-order valence-corrected chi connectivity index (χ4v) is 8.39. The second-order valence-electron chi connectivity index (χ2n) is 20.2. The normalized spacial score (nSPS) is 12.9. The van der Waals surface area contributed by atoms with E-state index in [2.05, 4.69) is 130 Å². The van der Waals surface area contributed by atoms with Crippen LogP contribution >= 0.6 is 0 Å². The van der Waals surface area contributed by atoms with Crippen LogP contribution in [0.3, 0.4) is 0 Å². The van der Waals surface area contributed by atoms with E-state index in [9.17, 15) is 14.4 Å². The summed E-state index contributed by atoms with van der Waals surface area (Å²) in [5, 5.41) is 0. The Morgan fingerprint density at radius 3 is 0.838 bits per heavy atom. The summed E-state index contributed by atoms with van der Waals surface area (Å²) in [4.78, 5) is 37.9. The second kappa shape index (κ2) is 61.6. The molecule has 74 heavy (non-hydrogen) atoms. The molecule has 0 rings (SSSR count). The van der Waals surface area contributed by atoms with Gasteiger partial charge in [-0.2, -0.15) is 0 Å². The summed E-state index contributed by atoms with van der Waals surface area (Å²) in [6.45, 7) is 6.45. The molecule has 0 amide bonds. The Hall–Kier alpha value is -3.93. The fourth-order valence-electron chi connectivity index (χ4n) is 8.39. The van der Waals surface area contributed by atoms with Crippen molar-refractivity contribution in [2.75, 3.05) is 13.2 Å². The summed E-state index contributed by atoms with van der Waals surface area (Å²) in [7, 11) is 0. The molecule has 0 aliphatic carbocycles. The number of unbranched alkanes of at least 4 members (excludes halogenated alkanes) is 26. The lowest BCUT2D eigenvalue weighted by molar-refractivity contribution is -0.167. The van der Waals surface area contributed by atoms with E-state index in [4.69, 9.17) is 14.2 Å². The minimum Gasteiger partial charge on any atom is -0.462 e. The predicted octanol–water partition coefficient (Wildman–Crippen LogP) is 21.0. The van der Waals surface area contributed by atoms with Crippen LogP contribution in [0.4, 0.5) is 0 Å². The molecule has 0 spiro atoms. The van der Waals surface area contributed by atoms with Crippen LogP contribution in [-0.4, -0.2) is 37.2 Å². The van der Waals surface area contributed by atoms with Gasteiger partial charge in [0.15, 0.2) is 6.10 Å². The highest BCUT2D eigenvalue weighted by atomic mass is 16.6. The van der Waals surface area contributed by atoms with E-state index in [-0.39, 0.29) is 31.1 Å². The number of ether oxygens (including phenoxy) is 3. The number of allylic oxidation sites excluding steroid dienone is 18. The maximum Gasteiger partial charge on any atom is 0.306 e. The maximum atomic E-state index is 12.8. The Morgan fingerprint density at radius 2 is 0.527 bits per heavy atom. The first-order valence-corrected chi connectivity index (χ1v) is 30.9. The molecule has 0 heterocycles. The minimum absolute atomic E-state index is 0.0811. The summed E-state index contributed by atoms with van der Waals surface area (Å²) in [5.41, 5.74) is 0. The van der Waals surface area contributed by atoms with Crippen LogP contribution in [-0.2, 0) is 28.6 Å². The number of carbonyl (C=O) groups excluding carboxylic acids is 3. The third-order valence-corrected chi connectivity index (χ3v) is 13.0. The SMILES string of the molecule is CC/C=C\C/C=C\C/C=C\C/C=C\C/C=C\C/C=C\C/C=C\C/C=C\CCCCCCCCCCCCC(=O)OCC(COC(=O)CCCCCCCC)OC(=O)CCCCCCC/C=C\CCCCCCCC. The van der Waals surface area contributed by atoms with Crippen molar-refractivity contribution < 1.29 is 28.6 Å². The lowest BCUT2D eigenvalue weighted by atomic mass is 10.1. The van der Waals surface area contributed by atoms with Gasteiger partial charge in [0.1, 0.15) is 13.2 Å². The molecule has 0 aliphatic heterocycles. The van der Waals surface area contributed by atoms with E-state index in [1.54, 1.807) is 0 Å². The van der Waals surface area contributed by atoms with Crippen LogP contribution in [0.25, 0.3) is 0 Å². The molecule has 0 radical (unpaired) electrons. The number of hydrogen-bond donors (Lipinski definition) is 0. The van der Waals surface area contributed by atoms with E-state index in [1.165, 1.54) is 122 Å². The molecule has 6 heteroatoms. The van der Waals surface area contributed by atoms with Gasteiger partial charge >= 0.3 is 17.9 Å². The van der Waals surface area contributed by atoms with Crippen LogP contribution in [0.1, 0.15) is 284 Å². The molecule has 0 aromatic rings. The van der Waals surface area contributed by atoms with Crippen molar-refractivity contribution in [1.29, 1.82) is 0 Å². The highest BCUT2D eigenvalue weighted by Crippen LogP contribution is 2.15.